The smallest absolute Gasteiger partial charge is 0.236 e. The van der Waals surface area contributed by atoms with E-state index in [4.69, 9.17) is 4.74 Å². The van der Waals surface area contributed by atoms with Gasteiger partial charge in [0.25, 0.3) is 0 Å². The maximum Gasteiger partial charge on any atom is 0.236 e. The molecule has 0 spiro atoms. The van der Waals surface area contributed by atoms with Gasteiger partial charge in [-0.3, -0.25) is 14.6 Å². The van der Waals surface area contributed by atoms with Crippen LogP contribution in [-0.4, -0.2) is 109 Å². The lowest BCUT2D eigenvalue weighted by Gasteiger charge is -2.34. The molecule has 1 N–H and O–H groups in total. The van der Waals surface area contributed by atoms with Crippen molar-refractivity contribution in [3.63, 3.8) is 0 Å². The summed E-state index contributed by atoms with van der Waals surface area (Å²) in [4.78, 5) is 20.5. The van der Waals surface area contributed by atoms with Crippen molar-refractivity contribution in [2.75, 3.05) is 72.6 Å². The Kier molecular flexibility index (Phi) is 7.67. The molecule has 1 aromatic carbocycles. The van der Waals surface area contributed by atoms with E-state index in [1.165, 1.54) is 0 Å². The third kappa shape index (κ3) is 6.17. The molecule has 2 aliphatic heterocycles. The molecule has 0 aromatic heterocycles. The summed E-state index contributed by atoms with van der Waals surface area (Å²) in [7, 11) is 1.85. The number of aliphatic hydroxyl groups is 1. The van der Waals surface area contributed by atoms with Gasteiger partial charge in [0, 0.05) is 59.4 Å². The summed E-state index contributed by atoms with van der Waals surface area (Å²) < 4.78 is 5.84. The van der Waals surface area contributed by atoms with Crippen molar-refractivity contribution in [1.82, 2.24) is 19.6 Å². The molecule has 2 fully saturated rings. The van der Waals surface area contributed by atoms with Crippen molar-refractivity contribution in [3.8, 4) is 5.75 Å². The molecule has 0 aliphatic carbocycles. The number of likely N-dealkylation sites (N-methyl/N-ethyl adjacent to an activating group) is 2. The molecule has 3 rings (SSSR count). The first-order valence-corrected chi connectivity index (χ1v) is 10.3. The van der Waals surface area contributed by atoms with Crippen LogP contribution in [0.4, 0.5) is 0 Å². The van der Waals surface area contributed by atoms with E-state index in [0.29, 0.717) is 19.7 Å². The number of piperazine rings is 2. The number of carbonyl (C=O) groups excluding carboxylic acids is 1. The first-order chi connectivity index (χ1) is 13.5. The zero-order valence-corrected chi connectivity index (χ0v) is 17.2. The molecular weight excluding hydrogens is 356 g/mol. The number of ether oxygens (including phenoxy) is 1. The summed E-state index contributed by atoms with van der Waals surface area (Å²) in [5, 5.41) is 10.3. The predicted octanol–water partition coefficient (Wildman–Crippen LogP) is 0.338. The van der Waals surface area contributed by atoms with Crippen LogP contribution in [0.2, 0.25) is 0 Å². The van der Waals surface area contributed by atoms with Gasteiger partial charge in [-0.25, -0.2) is 0 Å². The molecule has 28 heavy (non-hydrogen) atoms. The average molecular weight is 391 g/mol. The molecule has 7 nitrogen and oxygen atoms in total. The summed E-state index contributed by atoms with van der Waals surface area (Å²) in [5.41, 5.74) is 1.13. The van der Waals surface area contributed by atoms with Crippen LogP contribution in [0.1, 0.15) is 12.5 Å². The number of nitrogens with zero attached hydrogens (tertiary/aromatic N) is 4. The number of rotatable bonds is 8. The van der Waals surface area contributed by atoms with Gasteiger partial charge in [0.15, 0.2) is 0 Å². The first kappa shape index (κ1) is 21.0. The SMILES string of the molecule is CCN1CCN(C[C@H](O)COc2cccc(CN3CCN(C)C(=O)C3)c2)CC1. The monoisotopic (exact) mass is 390 g/mol. The van der Waals surface area contributed by atoms with Crippen LogP contribution < -0.4 is 4.74 Å². The van der Waals surface area contributed by atoms with Crippen molar-refractivity contribution >= 4 is 5.91 Å². The Balaban J connectivity index is 1.42. The van der Waals surface area contributed by atoms with Gasteiger partial charge in [-0.1, -0.05) is 19.1 Å². The number of aliphatic hydroxyl groups excluding tert-OH is 1. The lowest BCUT2D eigenvalue weighted by Crippen LogP contribution is -2.49. The zero-order valence-electron chi connectivity index (χ0n) is 17.2. The lowest BCUT2D eigenvalue weighted by molar-refractivity contribution is -0.134. The van der Waals surface area contributed by atoms with Crippen molar-refractivity contribution in [1.29, 1.82) is 0 Å². The van der Waals surface area contributed by atoms with E-state index < -0.39 is 6.10 Å². The predicted molar refractivity (Wildman–Crippen MR) is 109 cm³/mol. The number of amides is 1. The van der Waals surface area contributed by atoms with Gasteiger partial charge in [0.05, 0.1) is 6.54 Å². The zero-order chi connectivity index (χ0) is 19.9. The van der Waals surface area contributed by atoms with Gasteiger partial charge >= 0.3 is 0 Å². The Morgan fingerprint density at radius 3 is 2.50 bits per heavy atom. The number of β-amino-alcohol motifs (C(OH)–C–C–N with tert-alkyl or cyclic N) is 1. The van der Waals surface area contributed by atoms with E-state index in [0.717, 1.165) is 63.7 Å². The second kappa shape index (κ2) is 10.2. The quantitative estimate of drug-likeness (QED) is 0.691. The average Bonchev–Trinajstić information content (AvgIpc) is 2.70. The van der Waals surface area contributed by atoms with E-state index in [1.807, 2.05) is 25.2 Å². The molecule has 156 valence electrons. The Morgan fingerprint density at radius 2 is 1.79 bits per heavy atom. The molecule has 2 aliphatic rings. The van der Waals surface area contributed by atoms with Gasteiger partial charge in [-0.05, 0) is 24.2 Å². The van der Waals surface area contributed by atoms with Gasteiger partial charge in [-0.2, -0.15) is 0 Å². The van der Waals surface area contributed by atoms with Gasteiger partial charge in [0.2, 0.25) is 5.91 Å². The molecule has 1 amide bonds. The number of hydrogen-bond donors (Lipinski definition) is 1. The highest BCUT2D eigenvalue weighted by Gasteiger charge is 2.21. The van der Waals surface area contributed by atoms with Crippen LogP contribution in [-0.2, 0) is 11.3 Å². The van der Waals surface area contributed by atoms with Gasteiger partial charge in [-0.15, -0.1) is 0 Å². The Morgan fingerprint density at radius 1 is 1.07 bits per heavy atom. The second-order valence-corrected chi connectivity index (χ2v) is 7.87. The maximum atomic E-state index is 11.9. The summed E-state index contributed by atoms with van der Waals surface area (Å²) in [6.45, 7) is 11.2. The van der Waals surface area contributed by atoms with Crippen molar-refractivity contribution in [2.45, 2.75) is 19.6 Å². The fraction of sp³-hybridized carbons (Fsp3) is 0.667. The fourth-order valence-corrected chi connectivity index (χ4v) is 3.77. The largest absolute Gasteiger partial charge is 0.491 e. The van der Waals surface area contributed by atoms with Crippen LogP contribution in [0.15, 0.2) is 24.3 Å². The molecule has 0 saturated carbocycles. The standard InChI is InChI=1S/C21H34N4O3/c1-3-23-9-11-24(12-10-23)15-19(26)17-28-20-6-4-5-18(13-20)14-25-8-7-22(2)21(27)16-25/h4-6,13,19,26H,3,7-12,14-17H2,1-2H3/t19-/m0/s1. The van der Waals surface area contributed by atoms with Crippen LogP contribution in [0.3, 0.4) is 0 Å². The van der Waals surface area contributed by atoms with E-state index in [1.54, 1.807) is 4.90 Å². The van der Waals surface area contributed by atoms with Crippen LogP contribution in [0.5, 0.6) is 5.75 Å². The molecule has 1 aromatic rings. The van der Waals surface area contributed by atoms with Crippen LogP contribution in [0.25, 0.3) is 0 Å². The van der Waals surface area contributed by atoms with Gasteiger partial charge in [0.1, 0.15) is 18.5 Å². The van der Waals surface area contributed by atoms with E-state index >= 15 is 0 Å². The topological polar surface area (TPSA) is 59.5 Å². The van der Waals surface area contributed by atoms with Crippen LogP contribution >= 0.6 is 0 Å². The van der Waals surface area contributed by atoms with Crippen LogP contribution in [0, 0.1) is 0 Å². The summed E-state index contributed by atoms with van der Waals surface area (Å²) in [6.07, 6.45) is -0.493. The molecule has 0 bridgehead atoms. The minimum atomic E-state index is -0.493. The molecule has 0 unspecified atom stereocenters. The summed E-state index contributed by atoms with van der Waals surface area (Å²) >= 11 is 0. The van der Waals surface area contributed by atoms with Crippen molar-refractivity contribution in [3.05, 3.63) is 29.8 Å². The van der Waals surface area contributed by atoms with E-state index in [2.05, 4.69) is 27.7 Å². The summed E-state index contributed by atoms with van der Waals surface area (Å²) in [6, 6.07) is 7.96. The molecular formula is C21H34N4O3. The third-order valence-corrected chi connectivity index (χ3v) is 5.66. The number of hydrogen-bond acceptors (Lipinski definition) is 6. The molecule has 2 heterocycles. The molecule has 0 radical (unpaired) electrons. The fourth-order valence-electron chi connectivity index (χ4n) is 3.77. The molecule has 2 saturated heterocycles. The second-order valence-electron chi connectivity index (χ2n) is 7.87. The van der Waals surface area contributed by atoms with E-state index in [9.17, 15) is 9.90 Å². The Hall–Kier alpha value is -1.67. The molecule has 7 heteroatoms. The highest BCUT2D eigenvalue weighted by atomic mass is 16.5. The highest BCUT2D eigenvalue weighted by Crippen LogP contribution is 2.16. The lowest BCUT2D eigenvalue weighted by atomic mass is 10.2. The van der Waals surface area contributed by atoms with Gasteiger partial charge < -0.3 is 19.6 Å². The molecule has 1 atom stereocenters. The minimum Gasteiger partial charge on any atom is -0.491 e. The van der Waals surface area contributed by atoms with E-state index in [-0.39, 0.29) is 5.91 Å². The highest BCUT2D eigenvalue weighted by molar-refractivity contribution is 5.78. The minimum absolute atomic E-state index is 0.168. The van der Waals surface area contributed by atoms with Crippen molar-refractivity contribution in [2.24, 2.45) is 0 Å². The number of benzene rings is 1. The Bertz CT molecular complexity index is 634. The third-order valence-electron chi connectivity index (χ3n) is 5.66. The van der Waals surface area contributed by atoms with Crippen molar-refractivity contribution < 1.29 is 14.6 Å². The first-order valence-electron chi connectivity index (χ1n) is 10.3. The number of carbonyl (C=O) groups is 1. The Labute approximate surface area is 168 Å². The normalized spacial score (nSPS) is 21.1. The maximum absolute atomic E-state index is 11.9. The summed E-state index contributed by atoms with van der Waals surface area (Å²) in [5.74, 6) is 0.939.